The Morgan fingerprint density at radius 1 is 1.33 bits per heavy atom. The molecule has 0 bridgehead atoms. The Hall–Kier alpha value is 0.170. The van der Waals surface area contributed by atoms with Gasteiger partial charge in [0.2, 0.25) is 0 Å². The third-order valence-electron chi connectivity index (χ3n) is 3.62. The van der Waals surface area contributed by atoms with Gasteiger partial charge in [-0.15, -0.1) is 0 Å². The highest BCUT2D eigenvalue weighted by atomic mass is 32.2. The Bertz CT molecular complexity index is 266. The van der Waals surface area contributed by atoms with Gasteiger partial charge in [0.05, 0.1) is 6.04 Å². The first kappa shape index (κ1) is 10.3. The summed E-state index contributed by atoms with van der Waals surface area (Å²) in [6.45, 7) is 0. The minimum atomic E-state index is 0.440. The molecule has 1 atom stereocenters. The van der Waals surface area contributed by atoms with Gasteiger partial charge in [-0.3, -0.25) is 4.99 Å². The Kier molecular flexibility index (Phi) is 2.90. The van der Waals surface area contributed by atoms with E-state index in [9.17, 15) is 0 Å². The summed E-state index contributed by atoms with van der Waals surface area (Å²) in [4.78, 5) is 4.84. The lowest BCUT2D eigenvalue weighted by molar-refractivity contribution is 0.452. The van der Waals surface area contributed by atoms with E-state index in [0.717, 1.165) is 0 Å². The van der Waals surface area contributed by atoms with E-state index in [1.54, 1.807) is 0 Å². The molecular formula is C11H18N2S2. The smallest absolute Gasteiger partial charge is 0.157 e. The van der Waals surface area contributed by atoms with Crippen molar-refractivity contribution < 1.29 is 0 Å². The summed E-state index contributed by atoms with van der Waals surface area (Å²) >= 11 is 4.00. The maximum Gasteiger partial charge on any atom is 0.157 e. The molecule has 1 spiro atoms. The largest absolute Gasteiger partial charge is 0.359 e. The molecule has 2 aliphatic heterocycles. The van der Waals surface area contributed by atoms with Crippen molar-refractivity contribution in [3.05, 3.63) is 0 Å². The Morgan fingerprint density at radius 2 is 2.20 bits per heavy atom. The highest BCUT2D eigenvalue weighted by Gasteiger charge is 2.39. The van der Waals surface area contributed by atoms with Gasteiger partial charge in [-0.2, -0.15) is 11.8 Å². The first-order valence-electron chi connectivity index (χ1n) is 5.93. The van der Waals surface area contributed by atoms with Gasteiger partial charge in [0.25, 0.3) is 0 Å². The fourth-order valence-electron chi connectivity index (χ4n) is 2.69. The van der Waals surface area contributed by atoms with Crippen LogP contribution < -0.4 is 5.32 Å². The summed E-state index contributed by atoms with van der Waals surface area (Å²) in [5.74, 6) is 3.79. The fourth-order valence-corrected chi connectivity index (χ4v) is 5.09. The monoisotopic (exact) mass is 242 g/mol. The van der Waals surface area contributed by atoms with Gasteiger partial charge in [0.15, 0.2) is 5.17 Å². The van der Waals surface area contributed by atoms with Gasteiger partial charge in [-0.25, -0.2) is 0 Å². The number of rotatable bonds is 1. The molecule has 3 fully saturated rings. The van der Waals surface area contributed by atoms with Crippen LogP contribution in [0.15, 0.2) is 4.99 Å². The molecular weight excluding hydrogens is 224 g/mol. The van der Waals surface area contributed by atoms with Crippen molar-refractivity contribution in [2.75, 3.05) is 17.3 Å². The summed E-state index contributed by atoms with van der Waals surface area (Å²) in [5, 5.41) is 4.94. The van der Waals surface area contributed by atoms with Gasteiger partial charge in [0, 0.05) is 17.0 Å². The molecule has 4 heteroatoms. The molecule has 15 heavy (non-hydrogen) atoms. The lowest BCUT2D eigenvalue weighted by atomic mass is 10.0. The Balaban J connectivity index is 1.64. The number of amidine groups is 1. The van der Waals surface area contributed by atoms with Crippen molar-refractivity contribution >= 4 is 28.7 Å². The van der Waals surface area contributed by atoms with E-state index in [1.165, 1.54) is 54.5 Å². The van der Waals surface area contributed by atoms with E-state index in [2.05, 4.69) is 5.32 Å². The highest BCUT2D eigenvalue weighted by molar-refractivity contribution is 8.14. The molecule has 84 valence electrons. The number of nitrogens with one attached hydrogen (secondary N) is 1. The second-order valence-corrected chi connectivity index (χ2v) is 6.97. The molecule has 3 aliphatic rings. The molecule has 0 aromatic carbocycles. The van der Waals surface area contributed by atoms with Crippen LogP contribution >= 0.6 is 23.5 Å². The van der Waals surface area contributed by atoms with E-state index in [-0.39, 0.29) is 0 Å². The zero-order chi connectivity index (χ0) is 10.1. The molecule has 1 aliphatic carbocycles. The normalized spacial score (nSPS) is 36.5. The second-order valence-electron chi connectivity index (χ2n) is 4.85. The van der Waals surface area contributed by atoms with Gasteiger partial charge in [-0.05, 0) is 25.0 Å². The molecule has 2 saturated heterocycles. The van der Waals surface area contributed by atoms with Crippen molar-refractivity contribution in [1.29, 1.82) is 0 Å². The van der Waals surface area contributed by atoms with Gasteiger partial charge in [-0.1, -0.05) is 24.6 Å². The van der Waals surface area contributed by atoms with E-state index >= 15 is 0 Å². The van der Waals surface area contributed by atoms with Crippen LogP contribution in [0.3, 0.4) is 0 Å². The second kappa shape index (κ2) is 4.21. The number of hydrogen-bond acceptors (Lipinski definition) is 3. The predicted octanol–water partition coefficient (Wildman–Crippen LogP) is 2.50. The lowest BCUT2D eigenvalue weighted by Gasteiger charge is -2.21. The zero-order valence-corrected chi connectivity index (χ0v) is 10.6. The first-order valence-corrected chi connectivity index (χ1v) is 8.07. The summed E-state index contributed by atoms with van der Waals surface area (Å²) in [6, 6.07) is 0.599. The van der Waals surface area contributed by atoms with Crippen molar-refractivity contribution in [2.24, 2.45) is 4.99 Å². The predicted molar refractivity (Wildman–Crippen MR) is 70.0 cm³/mol. The first-order chi connectivity index (χ1) is 7.36. The van der Waals surface area contributed by atoms with Crippen LogP contribution in [0, 0.1) is 0 Å². The Labute approximate surface area is 100 Å². The van der Waals surface area contributed by atoms with Crippen molar-refractivity contribution in [3.8, 4) is 0 Å². The molecule has 0 aromatic heterocycles. The van der Waals surface area contributed by atoms with E-state index in [4.69, 9.17) is 4.99 Å². The lowest BCUT2D eigenvalue weighted by Crippen LogP contribution is -2.40. The van der Waals surface area contributed by atoms with Crippen LogP contribution in [0.1, 0.15) is 32.1 Å². The van der Waals surface area contributed by atoms with Gasteiger partial charge < -0.3 is 5.32 Å². The number of thioether (sulfide) groups is 2. The van der Waals surface area contributed by atoms with Crippen molar-refractivity contribution in [2.45, 2.75) is 43.7 Å². The molecule has 2 nitrogen and oxygen atoms in total. The number of hydrogen-bond donors (Lipinski definition) is 1. The molecule has 0 aromatic rings. The summed E-state index contributed by atoms with van der Waals surface area (Å²) in [5.41, 5.74) is 0.440. The van der Waals surface area contributed by atoms with Crippen molar-refractivity contribution in [3.63, 3.8) is 0 Å². The maximum absolute atomic E-state index is 4.84. The van der Waals surface area contributed by atoms with E-state index in [0.29, 0.717) is 11.6 Å². The average Bonchev–Trinajstić information content (AvgIpc) is 2.92. The van der Waals surface area contributed by atoms with Crippen LogP contribution in [-0.2, 0) is 0 Å². The average molecular weight is 242 g/mol. The van der Waals surface area contributed by atoms with Crippen LogP contribution in [0.25, 0.3) is 0 Å². The number of nitrogens with zero attached hydrogens (tertiary/aromatic N) is 1. The third kappa shape index (κ3) is 2.16. The van der Waals surface area contributed by atoms with Crippen LogP contribution in [0.2, 0.25) is 0 Å². The maximum atomic E-state index is 4.84. The zero-order valence-electron chi connectivity index (χ0n) is 9.00. The minimum Gasteiger partial charge on any atom is -0.359 e. The molecule has 0 radical (unpaired) electrons. The highest BCUT2D eigenvalue weighted by Crippen LogP contribution is 2.37. The van der Waals surface area contributed by atoms with E-state index < -0.39 is 0 Å². The molecule has 1 saturated carbocycles. The third-order valence-corrected chi connectivity index (χ3v) is 5.95. The molecule has 0 amide bonds. The molecule has 1 unspecified atom stereocenters. The minimum absolute atomic E-state index is 0.440. The molecule has 1 N–H and O–H groups in total. The summed E-state index contributed by atoms with van der Waals surface area (Å²) in [6.07, 6.45) is 6.81. The fraction of sp³-hybridized carbons (Fsp3) is 0.909. The molecule has 3 rings (SSSR count). The topological polar surface area (TPSA) is 24.4 Å². The van der Waals surface area contributed by atoms with Crippen molar-refractivity contribution in [1.82, 2.24) is 5.32 Å². The summed E-state index contributed by atoms with van der Waals surface area (Å²) < 4.78 is 0. The van der Waals surface area contributed by atoms with E-state index in [1.807, 2.05) is 23.5 Å². The van der Waals surface area contributed by atoms with Crippen LogP contribution in [0.5, 0.6) is 0 Å². The standard InChI is InChI=1S/C11H18N2S2/c1-2-5-11(4-1)8-15-10(13-11)12-9-3-6-14-7-9/h9H,1-8H2,(H,12,13). The quantitative estimate of drug-likeness (QED) is 0.764. The SMILES string of the molecule is C1CCC2(C1)CSC(=NC1CCSC1)N2. The van der Waals surface area contributed by atoms with Crippen LogP contribution in [0.4, 0.5) is 0 Å². The van der Waals surface area contributed by atoms with Crippen LogP contribution in [-0.4, -0.2) is 34.0 Å². The molecule has 2 heterocycles. The number of aliphatic imine (C=N–C) groups is 1. The Morgan fingerprint density at radius 3 is 2.93 bits per heavy atom. The van der Waals surface area contributed by atoms with Gasteiger partial charge in [0.1, 0.15) is 0 Å². The summed E-state index contributed by atoms with van der Waals surface area (Å²) in [7, 11) is 0. The van der Waals surface area contributed by atoms with Gasteiger partial charge >= 0.3 is 0 Å².